The van der Waals surface area contributed by atoms with Gasteiger partial charge in [-0.05, 0) is 35.4 Å². The molecule has 0 fully saturated rings. The first-order valence-electron chi connectivity index (χ1n) is 11.0. The van der Waals surface area contributed by atoms with Gasteiger partial charge in [0.2, 0.25) is 10.0 Å². The lowest BCUT2D eigenvalue weighted by Crippen LogP contribution is -2.27. The van der Waals surface area contributed by atoms with Crippen LogP contribution in [0, 0.1) is 5.21 Å². The number of carbonyl (C=O) groups excluding carboxylic acids is 1. The first-order chi connectivity index (χ1) is 18.3. The Morgan fingerprint density at radius 3 is 2.28 bits per heavy atom. The van der Waals surface area contributed by atoms with Crippen LogP contribution in [-0.4, -0.2) is 34.5 Å². The van der Waals surface area contributed by atoms with E-state index in [2.05, 4.69) is 14.8 Å². The third-order valence-electron chi connectivity index (χ3n) is 5.17. The highest BCUT2D eigenvalue weighted by atomic mass is 35.5. The lowest BCUT2D eigenvalue weighted by molar-refractivity contribution is -0.605. The number of hydrogen-bond donors (Lipinski definition) is 2. The molecule has 0 spiro atoms. The molecule has 0 saturated carbocycles. The van der Waals surface area contributed by atoms with Crippen LogP contribution in [0.15, 0.2) is 54.9 Å². The van der Waals surface area contributed by atoms with Crippen LogP contribution in [-0.2, 0) is 27.7 Å². The number of carbonyl (C=O) groups is 1. The van der Waals surface area contributed by atoms with Gasteiger partial charge in [0.05, 0.1) is 13.4 Å². The molecule has 210 valence electrons. The molecule has 0 bridgehead atoms. The van der Waals surface area contributed by atoms with Crippen molar-refractivity contribution in [1.82, 2.24) is 5.32 Å². The molecule has 1 amide bonds. The van der Waals surface area contributed by atoms with Gasteiger partial charge in [-0.15, -0.1) is 0 Å². The van der Waals surface area contributed by atoms with Crippen molar-refractivity contribution in [3.8, 4) is 11.5 Å². The third kappa shape index (κ3) is 9.01. The Kier molecular flexibility index (Phi) is 10.0. The van der Waals surface area contributed by atoms with Crippen LogP contribution in [0.25, 0.3) is 0 Å². The number of alkyl halides is 2. The number of amides is 1. The largest absolute Gasteiger partial charge is 0.619 e. The number of rotatable bonds is 11. The van der Waals surface area contributed by atoms with Gasteiger partial charge in [-0.3, -0.25) is 4.72 Å². The number of nitrogens with zero attached hydrogens (tertiary/aromatic N) is 1. The van der Waals surface area contributed by atoms with Crippen molar-refractivity contribution in [2.45, 2.75) is 25.7 Å². The van der Waals surface area contributed by atoms with Gasteiger partial charge in [-0.2, -0.15) is 13.5 Å². The number of aromatic nitrogens is 1. The summed E-state index contributed by atoms with van der Waals surface area (Å²) in [4.78, 5) is 12.7. The maximum atomic E-state index is 12.8. The van der Waals surface area contributed by atoms with Crippen molar-refractivity contribution in [3.05, 3.63) is 86.8 Å². The zero-order chi connectivity index (χ0) is 28.7. The summed E-state index contributed by atoms with van der Waals surface area (Å²) in [6, 6.07) is 10.3. The van der Waals surface area contributed by atoms with E-state index in [1.54, 1.807) is 12.1 Å². The standard InChI is InChI=1S/C24H23Cl2F2N3O7S/c1-36-22-9-15(5-8-20(22)37-23(27)28)21(10-17-18(25)12-31(33)13-19(17)26)38-24(32)29-11-14-3-6-16(7-4-14)30-39(2,34)35/h3-9,12-13,21,23,30H,10-11H2,1-2H3,(H,29,32)/t21-/m0/s1. The predicted molar refractivity (Wildman–Crippen MR) is 140 cm³/mol. The highest BCUT2D eigenvalue weighted by Crippen LogP contribution is 2.35. The number of hydrogen-bond acceptors (Lipinski definition) is 7. The van der Waals surface area contributed by atoms with Crippen molar-refractivity contribution in [2.24, 2.45) is 0 Å². The van der Waals surface area contributed by atoms with Crippen molar-refractivity contribution in [1.29, 1.82) is 0 Å². The van der Waals surface area contributed by atoms with Crippen LogP contribution in [0.2, 0.25) is 10.0 Å². The van der Waals surface area contributed by atoms with Crippen LogP contribution in [0.3, 0.4) is 0 Å². The van der Waals surface area contributed by atoms with Crippen LogP contribution in [0.4, 0.5) is 19.3 Å². The SMILES string of the molecule is COc1cc([C@H](Cc2c(Cl)c[n+]([O-])cc2Cl)OC(=O)NCc2ccc(NS(C)(=O)=O)cc2)ccc1OC(F)F. The first kappa shape index (κ1) is 30.0. The van der Waals surface area contributed by atoms with Crippen LogP contribution in [0.1, 0.15) is 22.8 Å². The van der Waals surface area contributed by atoms with Gasteiger partial charge in [0.1, 0.15) is 16.1 Å². The molecule has 10 nitrogen and oxygen atoms in total. The number of halogens is 4. The molecule has 0 aliphatic heterocycles. The van der Waals surface area contributed by atoms with Gasteiger partial charge in [0.15, 0.2) is 23.9 Å². The molecule has 0 aliphatic carbocycles. The molecule has 0 radical (unpaired) electrons. The summed E-state index contributed by atoms with van der Waals surface area (Å²) < 4.78 is 66.2. The number of methoxy groups -OCH3 is 1. The zero-order valence-corrected chi connectivity index (χ0v) is 22.8. The van der Waals surface area contributed by atoms with Gasteiger partial charge in [-0.25, -0.2) is 13.2 Å². The second kappa shape index (κ2) is 13.0. The van der Waals surface area contributed by atoms with E-state index in [9.17, 15) is 27.2 Å². The maximum absolute atomic E-state index is 12.8. The number of anilines is 1. The number of sulfonamides is 1. The fourth-order valence-corrected chi connectivity index (χ4v) is 4.63. The summed E-state index contributed by atoms with van der Waals surface area (Å²) in [7, 11) is -2.18. The second-order valence-corrected chi connectivity index (χ2v) is 10.7. The van der Waals surface area contributed by atoms with Gasteiger partial charge in [0, 0.05) is 24.2 Å². The van der Waals surface area contributed by atoms with Gasteiger partial charge in [-0.1, -0.05) is 41.4 Å². The second-order valence-electron chi connectivity index (χ2n) is 8.10. The lowest BCUT2D eigenvalue weighted by Gasteiger charge is -2.21. The first-order valence-corrected chi connectivity index (χ1v) is 13.7. The van der Waals surface area contributed by atoms with E-state index in [0.717, 1.165) is 18.6 Å². The predicted octanol–water partition coefficient (Wildman–Crippen LogP) is 4.82. The number of nitrogens with one attached hydrogen (secondary N) is 2. The van der Waals surface area contributed by atoms with E-state index in [1.807, 2.05) is 0 Å². The molecule has 15 heteroatoms. The Morgan fingerprint density at radius 2 is 1.72 bits per heavy atom. The van der Waals surface area contributed by atoms with E-state index >= 15 is 0 Å². The van der Waals surface area contributed by atoms with Crippen molar-refractivity contribution >= 4 is 45.0 Å². The molecule has 1 heterocycles. The topological polar surface area (TPSA) is 130 Å². The van der Waals surface area contributed by atoms with E-state index < -0.39 is 28.8 Å². The molecule has 0 aliphatic rings. The summed E-state index contributed by atoms with van der Waals surface area (Å²) in [6.07, 6.45) is 1.24. The fraction of sp³-hybridized carbons (Fsp3) is 0.250. The van der Waals surface area contributed by atoms with E-state index in [1.165, 1.54) is 37.4 Å². The van der Waals surface area contributed by atoms with E-state index in [0.29, 0.717) is 27.1 Å². The molecular weight excluding hydrogens is 583 g/mol. The molecule has 2 aromatic carbocycles. The van der Waals surface area contributed by atoms with E-state index in [-0.39, 0.29) is 34.5 Å². The summed E-state index contributed by atoms with van der Waals surface area (Å²) in [5.74, 6) is -0.260. The van der Waals surface area contributed by atoms with Crippen molar-refractivity contribution in [2.75, 3.05) is 18.1 Å². The number of ether oxygens (including phenoxy) is 3. The number of alkyl carbamates (subject to hydrolysis) is 1. The highest BCUT2D eigenvalue weighted by Gasteiger charge is 2.24. The summed E-state index contributed by atoms with van der Waals surface area (Å²) in [6.45, 7) is -3.04. The minimum Gasteiger partial charge on any atom is -0.619 e. The maximum Gasteiger partial charge on any atom is 0.408 e. The molecule has 39 heavy (non-hydrogen) atoms. The molecule has 0 unspecified atom stereocenters. The van der Waals surface area contributed by atoms with Crippen LogP contribution < -0.4 is 24.2 Å². The molecule has 3 rings (SSSR count). The van der Waals surface area contributed by atoms with Crippen LogP contribution >= 0.6 is 23.2 Å². The Balaban J connectivity index is 1.81. The molecule has 1 atom stereocenters. The normalized spacial score (nSPS) is 12.1. The minimum atomic E-state index is -3.44. The van der Waals surface area contributed by atoms with Gasteiger partial charge >= 0.3 is 12.7 Å². The molecule has 2 N–H and O–H groups in total. The Labute approximate surface area is 233 Å². The van der Waals surface area contributed by atoms with Crippen molar-refractivity contribution < 1.29 is 40.9 Å². The summed E-state index contributed by atoms with van der Waals surface area (Å²) >= 11 is 12.4. The summed E-state index contributed by atoms with van der Waals surface area (Å²) in [5.41, 5.74) is 1.65. The Morgan fingerprint density at radius 1 is 1.08 bits per heavy atom. The Hall–Kier alpha value is -3.55. The minimum absolute atomic E-state index is 0.0268. The average Bonchev–Trinajstić information content (AvgIpc) is 2.84. The number of pyridine rings is 1. The molecular formula is C24H23Cl2F2N3O7S. The molecule has 1 aromatic heterocycles. The van der Waals surface area contributed by atoms with Crippen LogP contribution in [0.5, 0.6) is 11.5 Å². The molecule has 3 aromatic rings. The lowest BCUT2D eigenvalue weighted by atomic mass is 10.0. The zero-order valence-electron chi connectivity index (χ0n) is 20.5. The summed E-state index contributed by atoms with van der Waals surface area (Å²) in [5, 5.41) is 14.3. The average molecular weight is 606 g/mol. The third-order valence-corrected chi connectivity index (χ3v) is 6.42. The Bertz CT molecular complexity index is 1400. The molecule has 0 saturated heterocycles. The fourth-order valence-electron chi connectivity index (χ4n) is 3.47. The van der Waals surface area contributed by atoms with Gasteiger partial charge < -0.3 is 24.7 Å². The van der Waals surface area contributed by atoms with Gasteiger partial charge in [0.25, 0.3) is 0 Å². The monoisotopic (exact) mass is 605 g/mol. The highest BCUT2D eigenvalue weighted by molar-refractivity contribution is 7.92. The number of benzene rings is 2. The van der Waals surface area contributed by atoms with E-state index in [4.69, 9.17) is 32.7 Å². The quantitative estimate of drug-likeness (QED) is 0.237. The smallest absolute Gasteiger partial charge is 0.408 e. The van der Waals surface area contributed by atoms with Crippen molar-refractivity contribution in [3.63, 3.8) is 0 Å².